The molecule has 22 heavy (non-hydrogen) atoms. The van der Waals surface area contributed by atoms with Gasteiger partial charge in [0.25, 0.3) is 0 Å². The summed E-state index contributed by atoms with van der Waals surface area (Å²) in [6.07, 6.45) is 4.34. The molecular formula is C17H18N2O2S. The molecular weight excluding hydrogens is 296 g/mol. The van der Waals surface area contributed by atoms with Crippen LogP contribution in [-0.4, -0.2) is 21.0 Å². The fourth-order valence-corrected chi connectivity index (χ4v) is 3.76. The zero-order valence-electron chi connectivity index (χ0n) is 12.5. The van der Waals surface area contributed by atoms with E-state index in [0.717, 1.165) is 36.2 Å². The molecule has 0 radical (unpaired) electrons. The highest BCUT2D eigenvalue weighted by atomic mass is 32.2. The average Bonchev–Trinajstić information content (AvgIpc) is 2.53. The molecule has 1 heterocycles. The predicted molar refractivity (Wildman–Crippen MR) is 86.1 cm³/mol. The first kappa shape index (κ1) is 15.0. The summed E-state index contributed by atoms with van der Waals surface area (Å²) in [5, 5.41) is 9.41. The van der Waals surface area contributed by atoms with Gasteiger partial charge < -0.3 is 5.11 Å². The number of nitrogens with zero attached hydrogens (tertiary/aromatic N) is 2. The molecule has 1 aromatic heterocycles. The minimum atomic E-state index is -0.866. The third-order valence-electron chi connectivity index (χ3n) is 3.92. The molecule has 0 saturated heterocycles. The lowest BCUT2D eigenvalue weighted by molar-refractivity contribution is -0.136. The van der Waals surface area contributed by atoms with Crippen molar-refractivity contribution >= 4 is 17.7 Å². The van der Waals surface area contributed by atoms with Crippen molar-refractivity contribution in [2.45, 2.75) is 43.0 Å². The third-order valence-corrected chi connectivity index (χ3v) is 5.02. The smallest absolute Gasteiger partial charge is 0.321 e. The second-order valence-corrected chi connectivity index (χ2v) is 6.54. The van der Waals surface area contributed by atoms with Crippen molar-refractivity contribution in [3.05, 3.63) is 52.8 Å². The van der Waals surface area contributed by atoms with Gasteiger partial charge in [-0.15, -0.1) is 0 Å². The molecule has 0 aliphatic heterocycles. The highest BCUT2D eigenvalue weighted by Crippen LogP contribution is 2.35. The molecule has 3 rings (SSSR count). The van der Waals surface area contributed by atoms with E-state index in [2.05, 4.69) is 9.97 Å². The van der Waals surface area contributed by atoms with Crippen LogP contribution in [-0.2, 0) is 17.6 Å². The zero-order valence-corrected chi connectivity index (χ0v) is 13.3. The molecule has 1 aromatic carbocycles. The van der Waals surface area contributed by atoms with Gasteiger partial charge in [-0.2, -0.15) is 0 Å². The number of carboxylic acid groups (broad SMARTS) is 1. The molecule has 2 aromatic rings. The van der Waals surface area contributed by atoms with Crippen molar-refractivity contribution in [2.24, 2.45) is 0 Å². The maximum absolute atomic E-state index is 11.6. The van der Waals surface area contributed by atoms with E-state index in [9.17, 15) is 9.90 Å². The van der Waals surface area contributed by atoms with Gasteiger partial charge in [-0.3, -0.25) is 4.79 Å². The fourth-order valence-electron chi connectivity index (χ4n) is 2.80. The Morgan fingerprint density at radius 2 is 1.91 bits per heavy atom. The molecule has 0 unspecified atom stereocenters. The van der Waals surface area contributed by atoms with Crippen molar-refractivity contribution in [1.82, 2.24) is 9.97 Å². The Labute approximate surface area is 134 Å². The lowest BCUT2D eigenvalue weighted by atomic mass is 9.95. The zero-order chi connectivity index (χ0) is 15.5. The summed E-state index contributed by atoms with van der Waals surface area (Å²) < 4.78 is 0. The number of hydrogen-bond acceptors (Lipinski definition) is 4. The summed E-state index contributed by atoms with van der Waals surface area (Å²) in [6.45, 7) is 1.99. The van der Waals surface area contributed by atoms with E-state index in [1.807, 2.05) is 37.3 Å². The quantitative estimate of drug-likeness (QED) is 0.690. The lowest BCUT2D eigenvalue weighted by Crippen LogP contribution is -2.12. The topological polar surface area (TPSA) is 63.1 Å². The number of carbonyl (C=O) groups is 1. The molecule has 0 saturated carbocycles. The van der Waals surface area contributed by atoms with Crippen LogP contribution < -0.4 is 0 Å². The highest BCUT2D eigenvalue weighted by molar-refractivity contribution is 8.00. The first-order chi connectivity index (χ1) is 10.6. The van der Waals surface area contributed by atoms with Crippen molar-refractivity contribution < 1.29 is 9.90 Å². The molecule has 1 aliphatic carbocycles. The van der Waals surface area contributed by atoms with Crippen LogP contribution in [0.2, 0.25) is 0 Å². The standard InChI is InChI=1S/C17H18N2O2S/c1-11-13-9-5-6-10-14(13)19-17(18-11)22-15(16(20)21)12-7-3-2-4-8-12/h2-4,7-8,15H,5-6,9-10H2,1H3,(H,20,21)/t15-/m1/s1. The van der Waals surface area contributed by atoms with Gasteiger partial charge in [0, 0.05) is 11.4 Å². The van der Waals surface area contributed by atoms with Crippen molar-refractivity contribution in [1.29, 1.82) is 0 Å². The van der Waals surface area contributed by atoms with E-state index < -0.39 is 11.2 Å². The molecule has 5 heteroatoms. The number of hydrogen-bond donors (Lipinski definition) is 1. The summed E-state index contributed by atoms with van der Waals surface area (Å²) in [5.41, 5.74) is 4.10. The number of aliphatic carboxylic acids is 1. The van der Waals surface area contributed by atoms with E-state index >= 15 is 0 Å². The molecule has 4 nitrogen and oxygen atoms in total. The number of aryl methyl sites for hydroxylation is 2. The van der Waals surface area contributed by atoms with E-state index in [1.165, 1.54) is 23.7 Å². The van der Waals surface area contributed by atoms with Gasteiger partial charge in [0.15, 0.2) is 5.16 Å². The molecule has 1 atom stereocenters. The summed E-state index contributed by atoms with van der Waals surface area (Å²) in [5.74, 6) is -0.866. The summed E-state index contributed by atoms with van der Waals surface area (Å²) in [7, 11) is 0. The molecule has 1 N–H and O–H groups in total. The van der Waals surface area contributed by atoms with Crippen LogP contribution in [0, 0.1) is 6.92 Å². The van der Waals surface area contributed by atoms with Crippen molar-refractivity contribution in [3.63, 3.8) is 0 Å². The molecule has 0 spiro atoms. The minimum absolute atomic E-state index is 0.564. The Morgan fingerprint density at radius 1 is 1.18 bits per heavy atom. The van der Waals surface area contributed by atoms with E-state index in [1.54, 1.807) is 0 Å². The number of benzene rings is 1. The Kier molecular flexibility index (Phi) is 4.43. The number of carboxylic acids is 1. The van der Waals surface area contributed by atoms with Crippen LogP contribution in [0.25, 0.3) is 0 Å². The van der Waals surface area contributed by atoms with Gasteiger partial charge in [-0.25, -0.2) is 9.97 Å². The van der Waals surface area contributed by atoms with Gasteiger partial charge in [0.05, 0.1) is 0 Å². The van der Waals surface area contributed by atoms with Gasteiger partial charge in [0.2, 0.25) is 0 Å². The van der Waals surface area contributed by atoms with E-state index in [4.69, 9.17) is 0 Å². The fraction of sp³-hybridized carbons (Fsp3) is 0.353. The largest absolute Gasteiger partial charge is 0.480 e. The van der Waals surface area contributed by atoms with E-state index in [0.29, 0.717) is 5.16 Å². The summed E-state index contributed by atoms with van der Waals surface area (Å²) in [4.78, 5) is 20.7. The number of rotatable bonds is 4. The van der Waals surface area contributed by atoms with Crippen LogP contribution >= 0.6 is 11.8 Å². The maximum Gasteiger partial charge on any atom is 0.321 e. The van der Waals surface area contributed by atoms with Crippen molar-refractivity contribution in [2.75, 3.05) is 0 Å². The number of thioether (sulfide) groups is 1. The van der Waals surface area contributed by atoms with E-state index in [-0.39, 0.29) is 0 Å². The first-order valence-electron chi connectivity index (χ1n) is 7.46. The molecule has 1 aliphatic rings. The number of fused-ring (bicyclic) bond motifs is 1. The maximum atomic E-state index is 11.6. The van der Waals surface area contributed by atoms with Gasteiger partial charge in [-0.05, 0) is 43.7 Å². The molecule has 0 fully saturated rings. The minimum Gasteiger partial charge on any atom is -0.480 e. The van der Waals surface area contributed by atoms with Gasteiger partial charge >= 0.3 is 5.97 Å². The Morgan fingerprint density at radius 3 is 2.64 bits per heavy atom. The number of aromatic nitrogens is 2. The Hall–Kier alpha value is -1.88. The van der Waals surface area contributed by atoms with Crippen LogP contribution in [0.4, 0.5) is 0 Å². The first-order valence-corrected chi connectivity index (χ1v) is 8.34. The van der Waals surface area contributed by atoms with Crippen LogP contribution in [0.1, 0.15) is 40.6 Å². The lowest BCUT2D eigenvalue weighted by Gasteiger charge is -2.18. The van der Waals surface area contributed by atoms with Crippen LogP contribution in [0.5, 0.6) is 0 Å². The van der Waals surface area contributed by atoms with Crippen LogP contribution in [0.3, 0.4) is 0 Å². The van der Waals surface area contributed by atoms with Gasteiger partial charge in [0.1, 0.15) is 5.25 Å². The SMILES string of the molecule is Cc1nc(S[C@@H](C(=O)O)c2ccccc2)nc2c1CCCC2. The molecule has 0 bridgehead atoms. The van der Waals surface area contributed by atoms with Crippen molar-refractivity contribution in [3.8, 4) is 0 Å². The predicted octanol–water partition coefficient (Wildman–Crippen LogP) is 3.58. The monoisotopic (exact) mass is 314 g/mol. The Balaban J connectivity index is 1.90. The molecule has 114 valence electrons. The summed E-state index contributed by atoms with van der Waals surface area (Å²) in [6, 6.07) is 9.25. The Bertz CT molecular complexity index is 689. The normalized spacial score (nSPS) is 15.1. The van der Waals surface area contributed by atoms with Gasteiger partial charge in [-0.1, -0.05) is 42.1 Å². The highest BCUT2D eigenvalue weighted by Gasteiger charge is 2.24. The second-order valence-electron chi connectivity index (χ2n) is 5.47. The molecule has 0 amide bonds. The van der Waals surface area contributed by atoms with Crippen LogP contribution in [0.15, 0.2) is 35.5 Å². The summed E-state index contributed by atoms with van der Waals surface area (Å²) >= 11 is 1.22. The third kappa shape index (κ3) is 3.14. The average molecular weight is 314 g/mol. The second kappa shape index (κ2) is 6.48.